The van der Waals surface area contributed by atoms with Crippen molar-refractivity contribution < 1.29 is 24.2 Å². The second kappa shape index (κ2) is 7.74. The highest BCUT2D eigenvalue weighted by atomic mass is 16.5. The molecular weight excluding hydrogens is 392 g/mol. The lowest BCUT2D eigenvalue weighted by Gasteiger charge is -2.65. The summed E-state index contributed by atoms with van der Waals surface area (Å²) in [5.41, 5.74) is -0.655. The molecule has 4 rings (SSSR count). The van der Waals surface area contributed by atoms with Crippen LogP contribution in [0, 0.1) is 40.4 Å². The smallest absolute Gasteiger partial charge is 0.302 e. The van der Waals surface area contributed by atoms with Crippen LogP contribution in [0.15, 0.2) is 0 Å². The van der Waals surface area contributed by atoms with E-state index in [-0.39, 0.29) is 40.9 Å². The highest BCUT2D eigenvalue weighted by Crippen LogP contribution is 2.70. The van der Waals surface area contributed by atoms with Gasteiger partial charge in [-0.05, 0) is 99.7 Å². The summed E-state index contributed by atoms with van der Waals surface area (Å²) < 4.78 is 11.2. The average Bonchev–Trinajstić information content (AvgIpc) is 2.96. The third-order valence-electron chi connectivity index (χ3n) is 10.1. The fourth-order valence-corrected chi connectivity index (χ4v) is 9.49. The molecule has 0 bridgehead atoms. The predicted molar refractivity (Wildman–Crippen MR) is 118 cm³/mol. The van der Waals surface area contributed by atoms with Crippen LogP contribution in [0.3, 0.4) is 0 Å². The van der Waals surface area contributed by atoms with Gasteiger partial charge in [0, 0.05) is 19.8 Å². The van der Waals surface area contributed by atoms with E-state index in [1.54, 1.807) is 0 Å². The van der Waals surface area contributed by atoms with E-state index >= 15 is 0 Å². The van der Waals surface area contributed by atoms with Crippen LogP contribution in [0.1, 0.15) is 92.9 Å². The van der Waals surface area contributed by atoms with Crippen molar-refractivity contribution in [2.75, 3.05) is 0 Å². The van der Waals surface area contributed by atoms with Crippen molar-refractivity contribution >= 4 is 11.9 Å². The standard InChI is InChI=1S/C26H42O5/c1-15(30-16(2)27)21-9-10-22-20-8-7-18-13-19(31-17(3)28)11-12-24(18,4)23(20)26(6,29)14-25(21,22)5/h15,18-23,29H,7-14H2,1-6H3/t15-,18+,19-,20-,21-,22+,23+,24+,25-,26+/m1/s1. The Morgan fingerprint density at radius 1 is 0.968 bits per heavy atom. The van der Waals surface area contributed by atoms with Crippen molar-refractivity contribution in [2.45, 2.75) is 111 Å². The first-order valence-corrected chi connectivity index (χ1v) is 12.5. The fraction of sp³-hybridized carbons (Fsp3) is 0.923. The number of ether oxygens (including phenoxy) is 2. The minimum atomic E-state index is -0.740. The van der Waals surface area contributed by atoms with Crippen LogP contribution in [0.25, 0.3) is 0 Å². The van der Waals surface area contributed by atoms with E-state index in [4.69, 9.17) is 9.47 Å². The Kier molecular flexibility index (Phi) is 5.76. The van der Waals surface area contributed by atoms with Crippen LogP contribution in [-0.4, -0.2) is 34.9 Å². The summed E-state index contributed by atoms with van der Waals surface area (Å²) in [4.78, 5) is 23.1. The van der Waals surface area contributed by atoms with Crippen LogP contribution < -0.4 is 0 Å². The molecule has 4 aliphatic rings. The maximum atomic E-state index is 12.0. The number of hydrogen-bond donors (Lipinski definition) is 1. The van der Waals surface area contributed by atoms with Gasteiger partial charge in [-0.25, -0.2) is 0 Å². The molecular formula is C26H42O5. The van der Waals surface area contributed by atoms with Crippen LogP contribution in [0.5, 0.6) is 0 Å². The quantitative estimate of drug-likeness (QED) is 0.640. The van der Waals surface area contributed by atoms with Gasteiger partial charge in [0.1, 0.15) is 12.2 Å². The van der Waals surface area contributed by atoms with Gasteiger partial charge in [-0.15, -0.1) is 0 Å². The summed E-state index contributed by atoms with van der Waals surface area (Å²) in [5.74, 6) is 1.77. The molecule has 0 aliphatic heterocycles. The lowest BCUT2D eigenvalue weighted by atomic mass is 9.41. The highest BCUT2D eigenvalue weighted by Gasteiger charge is 2.67. The zero-order valence-corrected chi connectivity index (χ0v) is 20.3. The fourth-order valence-electron chi connectivity index (χ4n) is 9.49. The Hall–Kier alpha value is -1.10. The molecule has 0 heterocycles. The SMILES string of the molecule is CC(=O)O[C@@H]1CC[C@@]2(C)[C@@H](CC[C@@H]3[C@@H]4CC[C@H]([C@@H](C)OC(C)=O)[C@@]4(C)C[C@](C)(O)[C@@H]32)C1. The molecule has 0 unspecified atom stereocenters. The number of carbonyl (C=O) groups excluding carboxylic acids is 2. The van der Waals surface area contributed by atoms with Crippen molar-refractivity contribution in [3.8, 4) is 0 Å². The van der Waals surface area contributed by atoms with Gasteiger partial charge in [-0.1, -0.05) is 13.8 Å². The topological polar surface area (TPSA) is 72.8 Å². The van der Waals surface area contributed by atoms with Gasteiger partial charge in [0.15, 0.2) is 0 Å². The number of aliphatic hydroxyl groups is 1. The number of rotatable bonds is 3. The Morgan fingerprint density at radius 2 is 1.68 bits per heavy atom. The van der Waals surface area contributed by atoms with Crippen LogP contribution >= 0.6 is 0 Å². The van der Waals surface area contributed by atoms with Crippen LogP contribution in [-0.2, 0) is 19.1 Å². The maximum Gasteiger partial charge on any atom is 0.302 e. The van der Waals surface area contributed by atoms with Crippen molar-refractivity contribution in [1.82, 2.24) is 0 Å². The number of hydrogen-bond acceptors (Lipinski definition) is 5. The van der Waals surface area contributed by atoms with E-state index in [1.807, 2.05) is 6.92 Å². The molecule has 31 heavy (non-hydrogen) atoms. The van der Waals surface area contributed by atoms with Crippen LogP contribution in [0.4, 0.5) is 0 Å². The third-order valence-corrected chi connectivity index (χ3v) is 10.1. The predicted octanol–water partition coefficient (Wildman–Crippen LogP) is 4.89. The minimum absolute atomic E-state index is 0.00231. The number of esters is 2. The first kappa shape index (κ1) is 23.1. The van der Waals surface area contributed by atoms with Crippen molar-refractivity contribution in [3.05, 3.63) is 0 Å². The summed E-state index contributed by atoms with van der Waals surface area (Å²) in [6.45, 7) is 11.9. The van der Waals surface area contributed by atoms with Gasteiger partial charge >= 0.3 is 11.9 Å². The second-order valence-electron chi connectivity index (χ2n) is 12.1. The van der Waals surface area contributed by atoms with E-state index in [0.717, 1.165) is 44.9 Å². The zero-order chi connectivity index (χ0) is 22.8. The molecule has 0 saturated heterocycles. The molecule has 0 aromatic heterocycles. The first-order valence-electron chi connectivity index (χ1n) is 12.5. The molecule has 0 aromatic rings. The molecule has 4 fully saturated rings. The number of carbonyl (C=O) groups is 2. The molecule has 10 atom stereocenters. The summed E-state index contributed by atoms with van der Waals surface area (Å²) >= 11 is 0. The lowest BCUT2D eigenvalue weighted by Crippen LogP contribution is -2.64. The molecule has 1 N–H and O–H groups in total. The molecule has 0 aromatic carbocycles. The normalized spacial score (nSPS) is 49.9. The minimum Gasteiger partial charge on any atom is -0.463 e. The van der Waals surface area contributed by atoms with Gasteiger partial charge in [0.2, 0.25) is 0 Å². The van der Waals surface area contributed by atoms with Crippen LogP contribution in [0.2, 0.25) is 0 Å². The summed E-state index contributed by atoms with van der Waals surface area (Å²) in [6, 6.07) is 0. The van der Waals surface area contributed by atoms with Gasteiger partial charge < -0.3 is 14.6 Å². The maximum absolute atomic E-state index is 12.0. The van der Waals surface area contributed by atoms with Gasteiger partial charge in [0.05, 0.1) is 5.60 Å². The highest BCUT2D eigenvalue weighted by molar-refractivity contribution is 5.66. The third kappa shape index (κ3) is 3.73. The molecule has 4 aliphatic carbocycles. The van der Waals surface area contributed by atoms with E-state index in [9.17, 15) is 14.7 Å². The molecule has 5 heteroatoms. The van der Waals surface area contributed by atoms with Crippen molar-refractivity contribution in [2.24, 2.45) is 40.4 Å². The van der Waals surface area contributed by atoms with Gasteiger partial charge in [0.25, 0.3) is 0 Å². The second-order valence-corrected chi connectivity index (χ2v) is 12.1. The molecule has 0 amide bonds. The Labute approximate surface area is 187 Å². The Balaban J connectivity index is 1.60. The number of fused-ring (bicyclic) bond motifs is 5. The zero-order valence-electron chi connectivity index (χ0n) is 20.3. The van der Waals surface area contributed by atoms with Crippen molar-refractivity contribution in [3.63, 3.8) is 0 Å². The van der Waals surface area contributed by atoms with E-state index in [1.165, 1.54) is 20.3 Å². The Morgan fingerprint density at radius 3 is 2.32 bits per heavy atom. The summed E-state index contributed by atoms with van der Waals surface area (Å²) in [6.07, 6.45) is 8.09. The molecule has 4 saturated carbocycles. The monoisotopic (exact) mass is 434 g/mol. The summed E-state index contributed by atoms with van der Waals surface area (Å²) in [7, 11) is 0. The summed E-state index contributed by atoms with van der Waals surface area (Å²) in [5, 5.41) is 12.0. The van der Waals surface area contributed by atoms with Gasteiger partial charge in [-0.2, -0.15) is 0 Å². The molecule has 0 radical (unpaired) electrons. The Bertz CT molecular complexity index is 731. The molecule has 0 spiro atoms. The van der Waals surface area contributed by atoms with E-state index in [0.29, 0.717) is 23.7 Å². The largest absolute Gasteiger partial charge is 0.463 e. The lowest BCUT2D eigenvalue weighted by molar-refractivity contribution is -0.225. The van der Waals surface area contributed by atoms with E-state index in [2.05, 4.69) is 20.8 Å². The van der Waals surface area contributed by atoms with Crippen molar-refractivity contribution in [1.29, 1.82) is 0 Å². The molecule has 176 valence electrons. The average molecular weight is 435 g/mol. The first-order chi connectivity index (χ1) is 14.4. The molecule has 5 nitrogen and oxygen atoms in total. The van der Waals surface area contributed by atoms with E-state index < -0.39 is 5.60 Å². The van der Waals surface area contributed by atoms with Gasteiger partial charge in [-0.3, -0.25) is 9.59 Å².